The molecule has 0 spiro atoms. The van der Waals surface area contributed by atoms with Crippen LogP contribution in [0.25, 0.3) is 0 Å². The molecule has 2 N–H and O–H groups in total. The van der Waals surface area contributed by atoms with Crippen LogP contribution in [0.3, 0.4) is 0 Å². The van der Waals surface area contributed by atoms with Crippen molar-refractivity contribution in [1.29, 1.82) is 0 Å². The first kappa shape index (κ1) is 13.1. The van der Waals surface area contributed by atoms with Crippen molar-refractivity contribution in [1.82, 2.24) is 5.32 Å². The Bertz CT molecular complexity index is 377. The molecule has 0 heterocycles. The lowest BCUT2D eigenvalue weighted by Gasteiger charge is -2.28. The van der Waals surface area contributed by atoms with Crippen molar-refractivity contribution in [2.75, 3.05) is 0 Å². The Labute approximate surface area is 108 Å². The molecule has 2 atom stereocenters. The van der Waals surface area contributed by atoms with Crippen LogP contribution in [-0.2, 0) is 11.2 Å². The second-order valence-corrected chi connectivity index (χ2v) is 5.01. The van der Waals surface area contributed by atoms with E-state index in [1.165, 1.54) is 5.56 Å². The number of hydrogen-bond acceptors (Lipinski definition) is 2. The molecule has 0 saturated heterocycles. The molecule has 3 nitrogen and oxygen atoms in total. The second kappa shape index (κ2) is 6.55. The number of aliphatic hydroxyl groups excluding tert-OH is 1. The summed E-state index contributed by atoms with van der Waals surface area (Å²) in [5.74, 6) is 0.0461. The Kier molecular flexibility index (Phi) is 4.76. The van der Waals surface area contributed by atoms with Gasteiger partial charge < -0.3 is 10.4 Å². The SMILES string of the molecule is O=C(CCc1ccccc1)N[C@H]1CCCC[C@@H]1O. The smallest absolute Gasteiger partial charge is 0.220 e. The summed E-state index contributed by atoms with van der Waals surface area (Å²) in [6.07, 6.45) is 4.77. The fourth-order valence-corrected chi connectivity index (χ4v) is 2.46. The number of aryl methyl sites for hydroxylation is 1. The van der Waals surface area contributed by atoms with Gasteiger partial charge in [-0.25, -0.2) is 0 Å². The monoisotopic (exact) mass is 247 g/mol. The summed E-state index contributed by atoms with van der Waals surface area (Å²) in [5.41, 5.74) is 1.18. The Hall–Kier alpha value is -1.35. The topological polar surface area (TPSA) is 49.3 Å². The lowest BCUT2D eigenvalue weighted by Crippen LogP contribution is -2.45. The van der Waals surface area contributed by atoms with Gasteiger partial charge in [-0.15, -0.1) is 0 Å². The fraction of sp³-hybridized carbons (Fsp3) is 0.533. The van der Waals surface area contributed by atoms with E-state index in [4.69, 9.17) is 0 Å². The highest BCUT2D eigenvalue weighted by atomic mass is 16.3. The van der Waals surface area contributed by atoms with Crippen LogP contribution in [0, 0.1) is 0 Å². The number of nitrogens with one attached hydrogen (secondary N) is 1. The van der Waals surface area contributed by atoms with Gasteiger partial charge in [0.2, 0.25) is 5.91 Å². The van der Waals surface area contributed by atoms with E-state index in [-0.39, 0.29) is 18.1 Å². The van der Waals surface area contributed by atoms with E-state index in [9.17, 15) is 9.90 Å². The normalized spacial score (nSPS) is 23.6. The van der Waals surface area contributed by atoms with Crippen LogP contribution in [0.2, 0.25) is 0 Å². The standard InChI is InChI=1S/C15H21NO2/c17-14-9-5-4-8-13(14)16-15(18)11-10-12-6-2-1-3-7-12/h1-3,6-7,13-14,17H,4-5,8-11H2,(H,16,18)/t13-,14-/m0/s1. The largest absolute Gasteiger partial charge is 0.391 e. The van der Waals surface area contributed by atoms with Crippen LogP contribution in [-0.4, -0.2) is 23.2 Å². The van der Waals surface area contributed by atoms with Crippen molar-refractivity contribution >= 4 is 5.91 Å². The van der Waals surface area contributed by atoms with Gasteiger partial charge in [-0.2, -0.15) is 0 Å². The van der Waals surface area contributed by atoms with Gasteiger partial charge in [-0.05, 0) is 24.8 Å². The first-order chi connectivity index (χ1) is 8.75. The molecule has 0 radical (unpaired) electrons. The van der Waals surface area contributed by atoms with E-state index in [2.05, 4.69) is 5.32 Å². The van der Waals surface area contributed by atoms with Gasteiger partial charge in [0.1, 0.15) is 0 Å². The minimum Gasteiger partial charge on any atom is -0.391 e. The Balaban J connectivity index is 1.75. The molecule has 0 unspecified atom stereocenters. The number of amides is 1. The maximum atomic E-state index is 11.8. The molecule has 0 aliphatic heterocycles. The van der Waals surface area contributed by atoms with E-state index in [1.807, 2.05) is 30.3 Å². The molecule has 98 valence electrons. The average molecular weight is 247 g/mol. The third kappa shape index (κ3) is 3.84. The van der Waals surface area contributed by atoms with E-state index < -0.39 is 0 Å². The summed E-state index contributed by atoms with van der Waals surface area (Å²) < 4.78 is 0. The zero-order chi connectivity index (χ0) is 12.8. The van der Waals surface area contributed by atoms with Crippen LogP contribution >= 0.6 is 0 Å². The van der Waals surface area contributed by atoms with E-state index >= 15 is 0 Å². The highest BCUT2D eigenvalue weighted by molar-refractivity contribution is 5.76. The Morgan fingerprint density at radius 2 is 1.94 bits per heavy atom. The maximum absolute atomic E-state index is 11.8. The predicted octanol–water partition coefficient (Wildman–Crippen LogP) is 2.04. The van der Waals surface area contributed by atoms with Crippen molar-refractivity contribution in [3.8, 4) is 0 Å². The molecule has 1 fully saturated rings. The van der Waals surface area contributed by atoms with Crippen LogP contribution in [0.15, 0.2) is 30.3 Å². The predicted molar refractivity (Wildman–Crippen MR) is 71.2 cm³/mol. The average Bonchev–Trinajstić information content (AvgIpc) is 2.40. The van der Waals surface area contributed by atoms with Crippen molar-refractivity contribution in [2.45, 2.75) is 50.7 Å². The minimum atomic E-state index is -0.362. The summed E-state index contributed by atoms with van der Waals surface area (Å²) in [6.45, 7) is 0. The molecule has 3 heteroatoms. The molecular formula is C15H21NO2. The molecular weight excluding hydrogens is 226 g/mol. The quantitative estimate of drug-likeness (QED) is 0.855. The zero-order valence-corrected chi connectivity index (χ0v) is 10.6. The number of rotatable bonds is 4. The molecule has 1 aromatic carbocycles. The third-order valence-corrected chi connectivity index (χ3v) is 3.56. The summed E-state index contributed by atoms with van der Waals surface area (Å²) in [4.78, 5) is 11.8. The van der Waals surface area contributed by atoms with Gasteiger partial charge in [-0.3, -0.25) is 4.79 Å². The lowest BCUT2D eigenvalue weighted by molar-refractivity contribution is -0.123. The highest BCUT2D eigenvalue weighted by Crippen LogP contribution is 2.18. The zero-order valence-electron chi connectivity index (χ0n) is 10.6. The summed E-state index contributed by atoms with van der Waals surface area (Å²) >= 11 is 0. The first-order valence-electron chi connectivity index (χ1n) is 6.77. The van der Waals surface area contributed by atoms with Gasteiger partial charge in [0.25, 0.3) is 0 Å². The van der Waals surface area contributed by atoms with Crippen LogP contribution in [0.4, 0.5) is 0 Å². The van der Waals surface area contributed by atoms with Crippen LogP contribution < -0.4 is 5.32 Å². The van der Waals surface area contributed by atoms with Crippen LogP contribution in [0.1, 0.15) is 37.7 Å². The van der Waals surface area contributed by atoms with E-state index in [0.29, 0.717) is 6.42 Å². The fourth-order valence-electron chi connectivity index (χ4n) is 2.46. The van der Waals surface area contributed by atoms with Gasteiger partial charge >= 0.3 is 0 Å². The molecule has 0 aromatic heterocycles. The number of carbonyl (C=O) groups is 1. The van der Waals surface area contributed by atoms with E-state index in [0.717, 1.165) is 32.1 Å². The van der Waals surface area contributed by atoms with Gasteiger partial charge in [-0.1, -0.05) is 43.2 Å². The molecule has 1 aromatic rings. The molecule has 1 aliphatic carbocycles. The third-order valence-electron chi connectivity index (χ3n) is 3.56. The number of hydrogen-bond donors (Lipinski definition) is 2. The molecule has 2 rings (SSSR count). The Morgan fingerprint density at radius 1 is 1.22 bits per heavy atom. The van der Waals surface area contributed by atoms with Crippen LogP contribution in [0.5, 0.6) is 0 Å². The van der Waals surface area contributed by atoms with Crippen molar-refractivity contribution in [2.24, 2.45) is 0 Å². The molecule has 1 saturated carbocycles. The van der Waals surface area contributed by atoms with Gasteiger partial charge in [0.15, 0.2) is 0 Å². The van der Waals surface area contributed by atoms with Crippen molar-refractivity contribution in [3.05, 3.63) is 35.9 Å². The van der Waals surface area contributed by atoms with Crippen molar-refractivity contribution < 1.29 is 9.90 Å². The Morgan fingerprint density at radius 3 is 2.67 bits per heavy atom. The van der Waals surface area contributed by atoms with Gasteiger partial charge in [0.05, 0.1) is 12.1 Å². The summed E-state index contributed by atoms with van der Waals surface area (Å²) in [7, 11) is 0. The van der Waals surface area contributed by atoms with Gasteiger partial charge in [0, 0.05) is 6.42 Å². The highest BCUT2D eigenvalue weighted by Gasteiger charge is 2.24. The van der Waals surface area contributed by atoms with Crippen molar-refractivity contribution in [3.63, 3.8) is 0 Å². The first-order valence-corrected chi connectivity index (χ1v) is 6.77. The number of benzene rings is 1. The second-order valence-electron chi connectivity index (χ2n) is 5.01. The number of aliphatic hydroxyl groups is 1. The molecule has 18 heavy (non-hydrogen) atoms. The lowest BCUT2D eigenvalue weighted by atomic mass is 9.92. The molecule has 0 bridgehead atoms. The summed E-state index contributed by atoms with van der Waals surface area (Å²) in [6, 6.07) is 9.96. The minimum absolute atomic E-state index is 0.0398. The summed E-state index contributed by atoms with van der Waals surface area (Å²) in [5, 5.41) is 12.7. The molecule has 1 aliphatic rings. The van der Waals surface area contributed by atoms with E-state index in [1.54, 1.807) is 0 Å². The number of carbonyl (C=O) groups excluding carboxylic acids is 1. The molecule has 1 amide bonds. The maximum Gasteiger partial charge on any atom is 0.220 e.